The minimum atomic E-state index is 0. The van der Waals surface area contributed by atoms with Crippen LogP contribution in [0.2, 0.25) is 0 Å². The summed E-state index contributed by atoms with van der Waals surface area (Å²) in [7, 11) is 0. The standard InChI is InChI=1S/C8H12.Pt/c1-2-4-6-8-7-5-3-1;/h1-2,7-8H,3-6H2;. The van der Waals surface area contributed by atoms with Crippen LogP contribution in [-0.4, -0.2) is 0 Å². The third-order valence-electron chi connectivity index (χ3n) is 1.33. The van der Waals surface area contributed by atoms with Gasteiger partial charge in [0, 0.05) is 21.1 Å². The first-order valence-corrected chi connectivity index (χ1v) is 3.30. The molecule has 0 N–H and O–H groups in total. The van der Waals surface area contributed by atoms with Crippen LogP contribution in [0.15, 0.2) is 24.3 Å². The zero-order valence-electron chi connectivity index (χ0n) is 5.45. The van der Waals surface area contributed by atoms with Gasteiger partial charge in [-0.1, -0.05) is 24.3 Å². The Hall–Kier alpha value is 0.168. The molecule has 1 heteroatoms. The van der Waals surface area contributed by atoms with Crippen LogP contribution < -0.4 is 0 Å². The van der Waals surface area contributed by atoms with Crippen LogP contribution in [0.4, 0.5) is 0 Å². The van der Waals surface area contributed by atoms with Crippen molar-refractivity contribution in [3.63, 3.8) is 0 Å². The van der Waals surface area contributed by atoms with Gasteiger partial charge in [-0.25, -0.2) is 0 Å². The van der Waals surface area contributed by atoms with Gasteiger partial charge in [-0.3, -0.25) is 0 Å². The van der Waals surface area contributed by atoms with Crippen molar-refractivity contribution in [1.29, 1.82) is 0 Å². The molecule has 1 aliphatic carbocycles. The molecule has 0 aromatic heterocycles. The average molecular weight is 303 g/mol. The van der Waals surface area contributed by atoms with Gasteiger partial charge in [0.2, 0.25) is 0 Å². The van der Waals surface area contributed by atoms with E-state index in [4.69, 9.17) is 0 Å². The summed E-state index contributed by atoms with van der Waals surface area (Å²) < 4.78 is 0. The number of allylic oxidation sites excluding steroid dienone is 4. The second-order valence-corrected chi connectivity index (χ2v) is 2.10. The molecule has 1 rings (SSSR count). The predicted molar refractivity (Wildman–Crippen MR) is 36.7 cm³/mol. The third-order valence-corrected chi connectivity index (χ3v) is 1.33. The Kier molecular flexibility index (Phi) is 6.41. The Balaban J connectivity index is 0.000000640. The van der Waals surface area contributed by atoms with E-state index in [1.807, 2.05) is 0 Å². The van der Waals surface area contributed by atoms with E-state index < -0.39 is 0 Å². The van der Waals surface area contributed by atoms with Crippen molar-refractivity contribution < 1.29 is 21.1 Å². The van der Waals surface area contributed by atoms with E-state index in [9.17, 15) is 0 Å². The molecule has 0 fully saturated rings. The van der Waals surface area contributed by atoms with E-state index in [1.165, 1.54) is 25.7 Å². The maximum Gasteiger partial charge on any atom is 0 e. The van der Waals surface area contributed by atoms with Crippen LogP contribution in [0, 0.1) is 0 Å². The fraction of sp³-hybridized carbons (Fsp3) is 0.500. The van der Waals surface area contributed by atoms with Gasteiger partial charge >= 0.3 is 0 Å². The van der Waals surface area contributed by atoms with Crippen LogP contribution in [0.1, 0.15) is 25.7 Å². The van der Waals surface area contributed by atoms with Crippen molar-refractivity contribution in [3.8, 4) is 0 Å². The van der Waals surface area contributed by atoms with Gasteiger partial charge in [0.1, 0.15) is 0 Å². The van der Waals surface area contributed by atoms with E-state index >= 15 is 0 Å². The third kappa shape index (κ3) is 4.66. The summed E-state index contributed by atoms with van der Waals surface area (Å²) in [6, 6.07) is 0. The molecule has 0 amide bonds. The van der Waals surface area contributed by atoms with Gasteiger partial charge < -0.3 is 0 Å². The molecule has 0 aromatic carbocycles. The molecule has 0 bridgehead atoms. The van der Waals surface area contributed by atoms with Crippen LogP contribution in [-0.2, 0) is 21.1 Å². The Bertz CT molecular complexity index is 77.1. The van der Waals surface area contributed by atoms with E-state index in [0.29, 0.717) is 0 Å². The summed E-state index contributed by atoms with van der Waals surface area (Å²) in [6.45, 7) is 0. The van der Waals surface area contributed by atoms with Crippen molar-refractivity contribution >= 4 is 0 Å². The van der Waals surface area contributed by atoms with Crippen molar-refractivity contribution in [1.82, 2.24) is 0 Å². The maximum absolute atomic E-state index is 2.27. The number of rotatable bonds is 0. The van der Waals surface area contributed by atoms with Crippen LogP contribution >= 0.6 is 0 Å². The molecule has 0 atom stereocenters. The molecule has 1 aliphatic rings. The van der Waals surface area contributed by atoms with Crippen molar-refractivity contribution in [2.45, 2.75) is 25.7 Å². The number of hydrogen-bond acceptors (Lipinski definition) is 0. The van der Waals surface area contributed by atoms with Crippen LogP contribution in [0.3, 0.4) is 0 Å². The van der Waals surface area contributed by atoms with Crippen molar-refractivity contribution in [2.24, 2.45) is 0 Å². The molecule has 0 saturated heterocycles. The van der Waals surface area contributed by atoms with Crippen molar-refractivity contribution in [2.75, 3.05) is 0 Å². The van der Waals surface area contributed by atoms with Gasteiger partial charge in [0.25, 0.3) is 0 Å². The van der Waals surface area contributed by atoms with Gasteiger partial charge in [-0.2, -0.15) is 0 Å². The van der Waals surface area contributed by atoms with Gasteiger partial charge in [0.05, 0.1) is 0 Å². The van der Waals surface area contributed by atoms with E-state index in [2.05, 4.69) is 24.3 Å². The Labute approximate surface area is 71.3 Å². The zero-order valence-corrected chi connectivity index (χ0v) is 7.73. The molecule has 0 radical (unpaired) electrons. The summed E-state index contributed by atoms with van der Waals surface area (Å²) in [5.41, 5.74) is 0. The summed E-state index contributed by atoms with van der Waals surface area (Å²) in [4.78, 5) is 0. The molecule has 0 nitrogen and oxygen atoms in total. The summed E-state index contributed by atoms with van der Waals surface area (Å²) >= 11 is 0. The topological polar surface area (TPSA) is 0 Å². The molecule has 0 saturated carbocycles. The minimum absolute atomic E-state index is 0. The summed E-state index contributed by atoms with van der Waals surface area (Å²) in [5, 5.41) is 0. The monoisotopic (exact) mass is 303 g/mol. The van der Waals surface area contributed by atoms with Gasteiger partial charge in [0.15, 0.2) is 0 Å². The fourth-order valence-corrected chi connectivity index (χ4v) is 0.856. The molecule has 0 spiro atoms. The zero-order chi connectivity index (χ0) is 5.66. The SMILES string of the molecule is C1=CCCC=CCC1.[Pt]. The van der Waals surface area contributed by atoms with Crippen LogP contribution in [0.5, 0.6) is 0 Å². The molecule has 0 heterocycles. The Morgan fingerprint density at radius 1 is 0.556 bits per heavy atom. The largest absolute Gasteiger partial charge is 0.0882 e. The van der Waals surface area contributed by atoms with E-state index in [-0.39, 0.29) is 21.1 Å². The molecule has 0 aromatic rings. The molecule has 9 heavy (non-hydrogen) atoms. The Morgan fingerprint density at radius 2 is 0.778 bits per heavy atom. The first-order chi connectivity index (χ1) is 4.00. The van der Waals surface area contributed by atoms with Gasteiger partial charge in [-0.15, -0.1) is 0 Å². The van der Waals surface area contributed by atoms with E-state index in [1.54, 1.807) is 0 Å². The fourth-order valence-electron chi connectivity index (χ4n) is 0.856. The molecular weight excluding hydrogens is 291 g/mol. The van der Waals surface area contributed by atoms with Crippen LogP contribution in [0.25, 0.3) is 0 Å². The first kappa shape index (κ1) is 9.17. The van der Waals surface area contributed by atoms with E-state index in [0.717, 1.165) is 0 Å². The molecule has 0 unspecified atom stereocenters. The quantitative estimate of drug-likeness (QED) is 0.604. The smallest absolute Gasteiger partial charge is 0 e. The average Bonchev–Trinajstić information content (AvgIpc) is 1.62. The predicted octanol–water partition coefficient (Wildman–Crippen LogP) is 2.67. The second-order valence-electron chi connectivity index (χ2n) is 2.10. The van der Waals surface area contributed by atoms with Gasteiger partial charge in [-0.05, 0) is 25.7 Å². The Morgan fingerprint density at radius 3 is 1.00 bits per heavy atom. The normalized spacial score (nSPS) is 17.8. The minimum Gasteiger partial charge on any atom is -0.0882 e. The number of hydrogen-bond donors (Lipinski definition) is 0. The molecular formula is C8H12Pt. The summed E-state index contributed by atoms with van der Waals surface area (Å²) in [5.74, 6) is 0. The van der Waals surface area contributed by atoms with Crippen molar-refractivity contribution in [3.05, 3.63) is 24.3 Å². The molecule has 0 aliphatic heterocycles. The molecule has 54 valence electrons. The second kappa shape index (κ2) is 6.29. The maximum atomic E-state index is 2.27. The summed E-state index contributed by atoms with van der Waals surface area (Å²) in [6.07, 6.45) is 14.0. The first-order valence-electron chi connectivity index (χ1n) is 3.30.